The molecule has 10 aromatic rings. The van der Waals surface area contributed by atoms with Gasteiger partial charge < -0.3 is 4.42 Å². The Kier molecular flexibility index (Phi) is 8.48. The molecule has 0 saturated heterocycles. The highest BCUT2D eigenvalue weighted by Crippen LogP contribution is 2.38. The molecule has 0 spiro atoms. The van der Waals surface area contributed by atoms with E-state index in [9.17, 15) is 0 Å². The molecule has 0 aliphatic heterocycles. The molecule has 2 heterocycles. The van der Waals surface area contributed by atoms with E-state index < -0.39 is 0 Å². The van der Waals surface area contributed by atoms with Crippen molar-refractivity contribution in [2.24, 2.45) is 5.10 Å². The summed E-state index contributed by atoms with van der Waals surface area (Å²) in [7, 11) is 0. The van der Waals surface area contributed by atoms with Crippen LogP contribution < -0.4 is 5.43 Å². The van der Waals surface area contributed by atoms with E-state index in [4.69, 9.17) is 29.9 Å². The predicted molar refractivity (Wildman–Crippen MR) is 245 cm³/mol. The van der Waals surface area contributed by atoms with E-state index >= 15 is 0 Å². The number of nitrogens with zero attached hydrogens (tertiary/aromatic N) is 4. The van der Waals surface area contributed by atoms with Gasteiger partial charge in [-0.3, -0.25) is 10.8 Å². The molecule has 60 heavy (non-hydrogen) atoms. The number of benzene rings is 8. The van der Waals surface area contributed by atoms with Crippen LogP contribution in [0, 0.1) is 5.41 Å². The summed E-state index contributed by atoms with van der Waals surface area (Å²) in [6.45, 7) is 0. The maximum Gasteiger partial charge on any atom is 0.164 e. The van der Waals surface area contributed by atoms with E-state index in [-0.39, 0.29) is 0 Å². The van der Waals surface area contributed by atoms with Crippen molar-refractivity contribution in [3.63, 3.8) is 0 Å². The first-order chi connectivity index (χ1) is 29.6. The molecule has 0 fully saturated rings. The lowest BCUT2D eigenvalue weighted by Gasteiger charge is -2.17. The summed E-state index contributed by atoms with van der Waals surface area (Å²) in [6, 6.07) is 61.7. The lowest BCUT2D eigenvalue weighted by Crippen LogP contribution is -2.19. The quantitative estimate of drug-likeness (QED) is 0.157. The molecule has 11 rings (SSSR count). The molecule has 2 N–H and O–H groups in total. The van der Waals surface area contributed by atoms with Gasteiger partial charge in [-0.1, -0.05) is 146 Å². The van der Waals surface area contributed by atoms with Crippen molar-refractivity contribution in [1.29, 1.82) is 5.41 Å². The van der Waals surface area contributed by atoms with Gasteiger partial charge in [0.1, 0.15) is 16.9 Å². The third-order valence-electron chi connectivity index (χ3n) is 11.0. The third-order valence-corrected chi connectivity index (χ3v) is 11.0. The standard InChI is InChI=1S/C53H34N6O/c54-45-29-27-34-24-25-38-32-40(26-28-42(38)48(34)50(45)59-58-41-18-5-2-6-19-41)52-55-51(56-53(57-52)44-21-11-23-47-49(44)43-20-7-8-22-46(43)60-47)39-17-10-16-37(31-39)36-15-9-14-35(30-36)33-12-3-1-4-13-33/h1-32,54,58H/b54-45?,59-50+. The number of hydrazone groups is 1. The topological polar surface area (TPSA) is 100 Å². The molecule has 0 amide bonds. The Hall–Kier alpha value is -8.29. The number of hydrogen-bond donors (Lipinski definition) is 2. The number of anilines is 1. The van der Waals surface area contributed by atoms with Crippen LogP contribution in [0.25, 0.3) is 95.2 Å². The van der Waals surface area contributed by atoms with Gasteiger partial charge in [0.15, 0.2) is 17.5 Å². The molecule has 0 saturated carbocycles. The van der Waals surface area contributed by atoms with Gasteiger partial charge in [-0.05, 0) is 87.1 Å². The predicted octanol–water partition coefficient (Wildman–Crippen LogP) is 13.1. The molecule has 7 nitrogen and oxygen atoms in total. The van der Waals surface area contributed by atoms with Gasteiger partial charge in [0.2, 0.25) is 0 Å². The fourth-order valence-electron chi connectivity index (χ4n) is 8.09. The Balaban J connectivity index is 1.06. The molecule has 2 aromatic heterocycles. The number of hydrogen-bond acceptors (Lipinski definition) is 7. The highest BCUT2D eigenvalue weighted by atomic mass is 16.3. The molecule has 282 valence electrons. The minimum absolute atomic E-state index is 0.337. The summed E-state index contributed by atoms with van der Waals surface area (Å²) < 4.78 is 6.30. The van der Waals surface area contributed by atoms with Crippen LogP contribution in [0.3, 0.4) is 0 Å². The molecule has 8 aromatic carbocycles. The monoisotopic (exact) mass is 770 g/mol. The summed E-state index contributed by atoms with van der Waals surface area (Å²) in [5.41, 5.74) is 15.5. The minimum atomic E-state index is 0.337. The van der Waals surface area contributed by atoms with E-state index in [1.807, 2.05) is 72.8 Å². The number of rotatable bonds is 7. The van der Waals surface area contributed by atoms with Gasteiger partial charge in [0.25, 0.3) is 0 Å². The maximum atomic E-state index is 8.83. The van der Waals surface area contributed by atoms with Gasteiger partial charge in [-0.25, -0.2) is 15.0 Å². The van der Waals surface area contributed by atoms with E-state index in [1.54, 1.807) is 6.08 Å². The van der Waals surface area contributed by atoms with Crippen molar-refractivity contribution < 1.29 is 4.42 Å². The molecule has 1 aliphatic rings. The summed E-state index contributed by atoms with van der Waals surface area (Å²) >= 11 is 0. The number of fused-ring (bicyclic) bond motifs is 6. The van der Waals surface area contributed by atoms with E-state index in [0.29, 0.717) is 28.9 Å². The van der Waals surface area contributed by atoms with Gasteiger partial charge in [0, 0.05) is 33.0 Å². The average Bonchev–Trinajstić information content (AvgIpc) is 3.71. The lowest BCUT2D eigenvalue weighted by molar-refractivity contribution is 0.669. The van der Waals surface area contributed by atoms with Crippen LogP contribution in [-0.2, 0) is 0 Å². The summed E-state index contributed by atoms with van der Waals surface area (Å²) in [5.74, 6) is 1.66. The Morgan fingerprint density at radius 2 is 1.08 bits per heavy atom. The van der Waals surface area contributed by atoms with Crippen molar-refractivity contribution in [1.82, 2.24) is 15.0 Å². The van der Waals surface area contributed by atoms with Gasteiger partial charge >= 0.3 is 0 Å². The van der Waals surface area contributed by atoms with Gasteiger partial charge in [0.05, 0.1) is 11.4 Å². The average molecular weight is 771 g/mol. The second-order valence-corrected chi connectivity index (χ2v) is 14.8. The van der Waals surface area contributed by atoms with Crippen molar-refractivity contribution in [2.75, 3.05) is 5.43 Å². The Labute approximate surface area is 345 Å². The largest absolute Gasteiger partial charge is 0.456 e. The second kappa shape index (κ2) is 14.6. The number of para-hydroxylation sites is 2. The normalized spacial score (nSPS) is 13.0. The van der Waals surface area contributed by atoms with Gasteiger partial charge in [-0.15, -0.1) is 0 Å². The molecule has 0 unspecified atom stereocenters. The molecular formula is C53H34N6O. The fourth-order valence-corrected chi connectivity index (χ4v) is 8.09. The van der Waals surface area contributed by atoms with Crippen LogP contribution in [0.2, 0.25) is 0 Å². The zero-order chi connectivity index (χ0) is 40.0. The third kappa shape index (κ3) is 6.31. The fraction of sp³-hybridized carbons (Fsp3) is 0. The first kappa shape index (κ1) is 34.9. The van der Waals surface area contributed by atoms with Crippen molar-refractivity contribution in [2.45, 2.75) is 0 Å². The Morgan fingerprint density at radius 3 is 1.88 bits per heavy atom. The SMILES string of the molecule is N=C1C=Cc2ccc3cc(-c4nc(-c5cccc(-c6cccc(-c7ccccc7)c6)c5)nc(-c5cccc6oc7ccccc7c56)n4)ccc3c2/C1=N/Nc1ccccc1. The van der Waals surface area contributed by atoms with Crippen molar-refractivity contribution in [3.05, 3.63) is 199 Å². The summed E-state index contributed by atoms with van der Waals surface area (Å²) in [5, 5.41) is 17.5. The minimum Gasteiger partial charge on any atom is -0.456 e. The smallest absolute Gasteiger partial charge is 0.164 e. The maximum absolute atomic E-state index is 8.83. The number of furan rings is 1. The molecule has 1 aliphatic carbocycles. The summed E-state index contributed by atoms with van der Waals surface area (Å²) in [6.07, 6.45) is 3.77. The second-order valence-electron chi connectivity index (χ2n) is 14.8. The van der Waals surface area contributed by atoms with Crippen LogP contribution in [0.5, 0.6) is 0 Å². The molecule has 0 bridgehead atoms. The summed E-state index contributed by atoms with van der Waals surface area (Å²) in [4.78, 5) is 15.6. The van der Waals surface area contributed by atoms with Crippen molar-refractivity contribution >= 4 is 55.9 Å². The molecule has 0 radical (unpaired) electrons. The lowest BCUT2D eigenvalue weighted by atomic mass is 9.89. The van der Waals surface area contributed by atoms with Crippen LogP contribution in [0.15, 0.2) is 198 Å². The van der Waals surface area contributed by atoms with E-state index in [0.717, 1.165) is 82.9 Å². The van der Waals surface area contributed by atoms with Crippen LogP contribution >= 0.6 is 0 Å². The molecule has 0 atom stereocenters. The Bertz CT molecular complexity index is 3370. The highest BCUT2D eigenvalue weighted by molar-refractivity contribution is 6.55. The van der Waals surface area contributed by atoms with Gasteiger partial charge in [-0.2, -0.15) is 5.10 Å². The Morgan fingerprint density at radius 1 is 0.467 bits per heavy atom. The number of allylic oxidation sites excluding steroid dienone is 1. The zero-order valence-electron chi connectivity index (χ0n) is 32.2. The first-order valence-corrected chi connectivity index (χ1v) is 19.8. The number of nitrogens with one attached hydrogen (secondary N) is 2. The van der Waals surface area contributed by atoms with Crippen LogP contribution in [-0.4, -0.2) is 26.4 Å². The first-order valence-electron chi connectivity index (χ1n) is 19.8. The van der Waals surface area contributed by atoms with E-state index in [2.05, 4.69) is 121 Å². The molecule has 7 heteroatoms. The molecular weight excluding hydrogens is 737 g/mol. The van der Waals surface area contributed by atoms with Crippen molar-refractivity contribution in [3.8, 4) is 56.4 Å². The van der Waals surface area contributed by atoms with Crippen LogP contribution in [0.4, 0.5) is 5.69 Å². The number of aromatic nitrogens is 3. The highest BCUT2D eigenvalue weighted by Gasteiger charge is 2.22. The van der Waals surface area contributed by atoms with Crippen LogP contribution in [0.1, 0.15) is 11.1 Å². The van der Waals surface area contributed by atoms with E-state index in [1.165, 1.54) is 5.56 Å². The zero-order valence-corrected chi connectivity index (χ0v) is 32.2.